The number of nitrogens with zero attached hydrogens (tertiary/aromatic N) is 2. The molecule has 0 aromatic carbocycles. The summed E-state index contributed by atoms with van der Waals surface area (Å²) in [6.07, 6.45) is 4.27. The summed E-state index contributed by atoms with van der Waals surface area (Å²) in [4.78, 5) is 10.5. The number of hydrogen-bond donors (Lipinski definition) is 1. The van der Waals surface area contributed by atoms with Crippen LogP contribution in [0.1, 0.15) is 50.1 Å². The first kappa shape index (κ1) is 14.9. The van der Waals surface area contributed by atoms with Crippen LogP contribution >= 0.6 is 22.9 Å². The van der Waals surface area contributed by atoms with Gasteiger partial charge in [-0.2, -0.15) is 0 Å². The van der Waals surface area contributed by atoms with Gasteiger partial charge in [0.1, 0.15) is 10.7 Å². The smallest absolute Gasteiger partial charge is 0.143 e. The summed E-state index contributed by atoms with van der Waals surface area (Å²) in [5.74, 6) is 0.634. The molecule has 1 aliphatic rings. The Kier molecular flexibility index (Phi) is 4.04. The van der Waals surface area contributed by atoms with Gasteiger partial charge in [-0.25, -0.2) is 4.98 Å². The normalized spacial score (nSPS) is 15.4. The van der Waals surface area contributed by atoms with Crippen LogP contribution < -0.4 is 5.32 Å². The van der Waals surface area contributed by atoms with Crippen molar-refractivity contribution < 1.29 is 0 Å². The Labute approximate surface area is 134 Å². The van der Waals surface area contributed by atoms with Gasteiger partial charge in [-0.15, -0.1) is 11.3 Å². The molecule has 0 amide bonds. The van der Waals surface area contributed by atoms with Crippen LogP contribution in [0, 0.1) is 0 Å². The Morgan fingerprint density at radius 3 is 2.76 bits per heavy atom. The summed E-state index contributed by atoms with van der Waals surface area (Å²) in [5.41, 5.74) is 2.15. The Balaban J connectivity index is 1.91. The lowest BCUT2D eigenvalue weighted by Crippen LogP contribution is -2.35. The van der Waals surface area contributed by atoms with Crippen LogP contribution in [0.25, 0.3) is 10.7 Å². The molecule has 2 aromatic heterocycles. The molecule has 2 heterocycles. The SMILES string of the molecule is CC(C)(C)NCc1sc(-c2ncccc2Cl)nc1C1CC1. The molecule has 1 saturated carbocycles. The fourth-order valence-electron chi connectivity index (χ4n) is 2.16. The molecule has 21 heavy (non-hydrogen) atoms. The largest absolute Gasteiger partial charge is 0.307 e. The zero-order chi connectivity index (χ0) is 15.0. The number of nitrogens with one attached hydrogen (secondary N) is 1. The molecule has 0 radical (unpaired) electrons. The van der Waals surface area contributed by atoms with Crippen molar-refractivity contribution in [1.82, 2.24) is 15.3 Å². The first-order valence-corrected chi connectivity index (χ1v) is 8.49. The predicted molar refractivity (Wildman–Crippen MR) is 88.9 cm³/mol. The molecule has 1 N–H and O–H groups in total. The fraction of sp³-hybridized carbons (Fsp3) is 0.500. The molecule has 5 heteroatoms. The molecular formula is C16H20ClN3S. The molecule has 0 aliphatic heterocycles. The van der Waals surface area contributed by atoms with Crippen molar-refractivity contribution in [1.29, 1.82) is 0 Å². The summed E-state index contributed by atoms with van der Waals surface area (Å²) >= 11 is 7.97. The lowest BCUT2D eigenvalue weighted by molar-refractivity contribution is 0.425. The van der Waals surface area contributed by atoms with Gasteiger partial charge in [0.15, 0.2) is 0 Å². The average Bonchev–Trinajstić information content (AvgIpc) is 3.17. The van der Waals surface area contributed by atoms with Crippen LogP contribution in [0.3, 0.4) is 0 Å². The molecule has 0 spiro atoms. The summed E-state index contributed by atoms with van der Waals surface area (Å²) in [5, 5.41) is 5.17. The molecule has 3 rings (SSSR count). The zero-order valence-corrected chi connectivity index (χ0v) is 14.2. The van der Waals surface area contributed by atoms with Crippen LogP contribution in [0.15, 0.2) is 18.3 Å². The lowest BCUT2D eigenvalue weighted by atomic mass is 10.1. The highest BCUT2D eigenvalue weighted by molar-refractivity contribution is 7.15. The van der Waals surface area contributed by atoms with Crippen LogP contribution in [0.2, 0.25) is 5.02 Å². The van der Waals surface area contributed by atoms with Gasteiger partial charge in [-0.05, 0) is 45.7 Å². The quantitative estimate of drug-likeness (QED) is 0.892. The molecule has 112 valence electrons. The van der Waals surface area contributed by atoms with Gasteiger partial charge >= 0.3 is 0 Å². The highest BCUT2D eigenvalue weighted by atomic mass is 35.5. The molecule has 0 bridgehead atoms. The third kappa shape index (κ3) is 3.62. The maximum absolute atomic E-state index is 6.25. The maximum atomic E-state index is 6.25. The van der Waals surface area contributed by atoms with Crippen molar-refractivity contribution in [2.75, 3.05) is 0 Å². The second kappa shape index (κ2) is 5.67. The molecule has 0 saturated heterocycles. The molecule has 0 atom stereocenters. The van der Waals surface area contributed by atoms with E-state index < -0.39 is 0 Å². The van der Waals surface area contributed by atoms with Crippen LogP contribution in [0.4, 0.5) is 0 Å². The number of hydrogen-bond acceptors (Lipinski definition) is 4. The first-order chi connectivity index (χ1) is 9.94. The molecule has 1 fully saturated rings. The van der Waals surface area contributed by atoms with E-state index in [1.807, 2.05) is 12.1 Å². The number of halogens is 1. The fourth-order valence-corrected chi connectivity index (χ4v) is 3.52. The molecule has 1 aliphatic carbocycles. The first-order valence-electron chi connectivity index (χ1n) is 7.29. The van der Waals surface area contributed by atoms with E-state index in [2.05, 4.69) is 31.1 Å². The Morgan fingerprint density at radius 2 is 2.14 bits per heavy atom. The highest BCUT2D eigenvalue weighted by Crippen LogP contribution is 2.44. The minimum Gasteiger partial charge on any atom is -0.307 e. The van der Waals surface area contributed by atoms with Gasteiger partial charge in [0.25, 0.3) is 0 Å². The van der Waals surface area contributed by atoms with E-state index in [1.165, 1.54) is 23.4 Å². The molecular weight excluding hydrogens is 302 g/mol. The number of pyridine rings is 1. The standard InChI is InChI=1S/C16H20ClN3S/c1-16(2,3)19-9-12-13(10-6-7-10)20-15(21-12)14-11(17)5-4-8-18-14/h4-5,8,10,19H,6-7,9H2,1-3H3. The number of aromatic nitrogens is 2. The molecule has 2 aromatic rings. The lowest BCUT2D eigenvalue weighted by Gasteiger charge is -2.20. The third-order valence-corrected chi connectivity index (χ3v) is 4.81. The number of thiazole rings is 1. The highest BCUT2D eigenvalue weighted by Gasteiger charge is 2.30. The summed E-state index contributed by atoms with van der Waals surface area (Å²) in [6.45, 7) is 7.40. The van der Waals surface area contributed by atoms with Crippen molar-refractivity contribution in [2.45, 2.75) is 51.6 Å². The zero-order valence-electron chi connectivity index (χ0n) is 12.6. The van der Waals surface area contributed by atoms with E-state index >= 15 is 0 Å². The van der Waals surface area contributed by atoms with Gasteiger partial charge in [-0.3, -0.25) is 4.98 Å². The topological polar surface area (TPSA) is 37.8 Å². The van der Waals surface area contributed by atoms with Crippen molar-refractivity contribution >= 4 is 22.9 Å². The minimum absolute atomic E-state index is 0.105. The van der Waals surface area contributed by atoms with E-state index in [9.17, 15) is 0 Å². The second-order valence-corrected chi connectivity index (χ2v) is 8.03. The van der Waals surface area contributed by atoms with Crippen molar-refractivity contribution in [2.24, 2.45) is 0 Å². The predicted octanol–water partition coefficient (Wildman–Crippen LogP) is 4.62. The van der Waals surface area contributed by atoms with E-state index in [1.54, 1.807) is 17.5 Å². The van der Waals surface area contributed by atoms with E-state index in [-0.39, 0.29) is 5.54 Å². The summed E-state index contributed by atoms with van der Waals surface area (Å²) in [7, 11) is 0. The van der Waals surface area contributed by atoms with Crippen molar-refractivity contribution in [3.05, 3.63) is 33.9 Å². The monoisotopic (exact) mass is 321 g/mol. The average molecular weight is 322 g/mol. The van der Waals surface area contributed by atoms with Crippen molar-refractivity contribution in [3.63, 3.8) is 0 Å². The molecule has 3 nitrogen and oxygen atoms in total. The van der Waals surface area contributed by atoms with Crippen LogP contribution in [-0.4, -0.2) is 15.5 Å². The third-order valence-electron chi connectivity index (χ3n) is 3.43. The van der Waals surface area contributed by atoms with Gasteiger partial charge < -0.3 is 5.32 Å². The second-order valence-electron chi connectivity index (χ2n) is 6.54. The number of rotatable bonds is 4. The molecule has 0 unspecified atom stereocenters. The van der Waals surface area contributed by atoms with Gasteiger partial charge in [0.2, 0.25) is 0 Å². The van der Waals surface area contributed by atoms with Gasteiger partial charge in [0, 0.05) is 29.1 Å². The van der Waals surface area contributed by atoms with Gasteiger partial charge in [-0.1, -0.05) is 11.6 Å². The van der Waals surface area contributed by atoms with E-state index in [0.717, 1.165) is 17.2 Å². The van der Waals surface area contributed by atoms with Crippen molar-refractivity contribution in [3.8, 4) is 10.7 Å². The van der Waals surface area contributed by atoms with E-state index in [4.69, 9.17) is 16.6 Å². The summed E-state index contributed by atoms with van der Waals surface area (Å²) < 4.78 is 0. The van der Waals surface area contributed by atoms with Crippen LogP contribution in [0.5, 0.6) is 0 Å². The Morgan fingerprint density at radius 1 is 1.38 bits per heavy atom. The Bertz CT molecular complexity index is 641. The maximum Gasteiger partial charge on any atom is 0.143 e. The van der Waals surface area contributed by atoms with E-state index in [0.29, 0.717) is 10.9 Å². The Hall–Kier alpha value is -0.970. The minimum atomic E-state index is 0.105. The van der Waals surface area contributed by atoms with Crippen LogP contribution in [-0.2, 0) is 6.54 Å². The van der Waals surface area contributed by atoms with Gasteiger partial charge in [0.05, 0.1) is 10.7 Å². The summed E-state index contributed by atoms with van der Waals surface area (Å²) in [6, 6.07) is 3.72.